The lowest BCUT2D eigenvalue weighted by Gasteiger charge is -1.99. The van der Waals surface area contributed by atoms with Crippen molar-refractivity contribution in [3.8, 4) is 0 Å². The van der Waals surface area contributed by atoms with Gasteiger partial charge in [-0.1, -0.05) is 27.5 Å². The highest BCUT2D eigenvalue weighted by Crippen LogP contribution is 2.19. The SMILES string of the molecule is O=C(CBr)c1ncc(Br)cc1Cl. The molecule has 0 radical (unpaired) electrons. The number of carbonyl (C=O) groups excluding carboxylic acids is 1. The first-order valence-electron chi connectivity index (χ1n) is 3.05. The summed E-state index contributed by atoms with van der Waals surface area (Å²) in [5.74, 6) is -0.118. The summed E-state index contributed by atoms with van der Waals surface area (Å²) >= 11 is 12.0. The third kappa shape index (κ3) is 2.28. The van der Waals surface area contributed by atoms with Crippen molar-refractivity contribution in [2.24, 2.45) is 0 Å². The normalized spacial score (nSPS) is 9.92. The number of ketones is 1. The predicted octanol–water partition coefficient (Wildman–Crippen LogP) is 3.08. The molecule has 0 aliphatic carbocycles. The molecule has 0 unspecified atom stereocenters. The topological polar surface area (TPSA) is 30.0 Å². The van der Waals surface area contributed by atoms with E-state index in [-0.39, 0.29) is 11.1 Å². The van der Waals surface area contributed by atoms with Crippen molar-refractivity contribution in [3.05, 3.63) is 27.5 Å². The van der Waals surface area contributed by atoms with Crippen LogP contribution in [0.25, 0.3) is 0 Å². The van der Waals surface area contributed by atoms with Gasteiger partial charge in [0.25, 0.3) is 0 Å². The monoisotopic (exact) mass is 311 g/mol. The highest BCUT2D eigenvalue weighted by atomic mass is 79.9. The van der Waals surface area contributed by atoms with Gasteiger partial charge in [-0.25, -0.2) is 0 Å². The quantitative estimate of drug-likeness (QED) is 0.620. The van der Waals surface area contributed by atoms with Gasteiger partial charge in [0, 0.05) is 10.7 Å². The van der Waals surface area contributed by atoms with Crippen LogP contribution in [0, 0.1) is 0 Å². The van der Waals surface area contributed by atoms with Crippen LogP contribution in [-0.2, 0) is 0 Å². The van der Waals surface area contributed by atoms with E-state index < -0.39 is 0 Å². The van der Waals surface area contributed by atoms with Crippen molar-refractivity contribution in [2.75, 3.05) is 5.33 Å². The van der Waals surface area contributed by atoms with Gasteiger partial charge in [0.05, 0.1) is 10.4 Å². The molecule has 0 amide bonds. The first kappa shape index (κ1) is 10.2. The zero-order valence-corrected chi connectivity index (χ0v) is 9.78. The second kappa shape index (κ2) is 4.35. The van der Waals surface area contributed by atoms with E-state index in [2.05, 4.69) is 36.8 Å². The molecule has 0 saturated heterocycles. The molecular weight excluding hydrogens is 309 g/mol. The predicted molar refractivity (Wildman–Crippen MR) is 55.1 cm³/mol. The zero-order chi connectivity index (χ0) is 9.14. The average Bonchev–Trinajstić information content (AvgIpc) is 2.03. The van der Waals surface area contributed by atoms with E-state index in [4.69, 9.17) is 11.6 Å². The molecule has 1 aromatic rings. The van der Waals surface area contributed by atoms with E-state index in [1.807, 2.05) is 0 Å². The molecule has 0 aromatic carbocycles. The minimum Gasteiger partial charge on any atom is -0.291 e. The summed E-state index contributed by atoms with van der Waals surface area (Å²) in [6.45, 7) is 0. The third-order valence-corrected chi connectivity index (χ3v) is 2.42. The molecule has 1 heterocycles. The Labute approximate surface area is 91.6 Å². The first-order chi connectivity index (χ1) is 5.65. The summed E-state index contributed by atoms with van der Waals surface area (Å²) in [4.78, 5) is 15.0. The van der Waals surface area contributed by atoms with Crippen molar-refractivity contribution in [3.63, 3.8) is 0 Å². The van der Waals surface area contributed by atoms with Gasteiger partial charge in [-0.2, -0.15) is 0 Å². The summed E-state index contributed by atoms with van der Waals surface area (Å²) in [6.07, 6.45) is 1.54. The molecular formula is C7H4Br2ClNO. The number of pyridine rings is 1. The lowest BCUT2D eigenvalue weighted by molar-refractivity contribution is 0.101. The van der Waals surface area contributed by atoms with E-state index in [1.165, 1.54) is 0 Å². The maximum Gasteiger partial charge on any atom is 0.193 e. The number of hydrogen-bond acceptors (Lipinski definition) is 2. The van der Waals surface area contributed by atoms with Gasteiger partial charge in [0.2, 0.25) is 0 Å². The highest BCUT2D eigenvalue weighted by Gasteiger charge is 2.10. The molecule has 1 aromatic heterocycles. The van der Waals surface area contributed by atoms with Crippen LogP contribution in [0.3, 0.4) is 0 Å². The molecule has 0 fully saturated rings. The van der Waals surface area contributed by atoms with E-state index in [0.29, 0.717) is 10.7 Å². The Bertz CT molecular complexity index is 316. The van der Waals surface area contributed by atoms with E-state index >= 15 is 0 Å². The van der Waals surface area contributed by atoms with Crippen LogP contribution >= 0.6 is 43.5 Å². The molecule has 12 heavy (non-hydrogen) atoms. The van der Waals surface area contributed by atoms with Gasteiger partial charge in [-0.05, 0) is 22.0 Å². The summed E-state index contributed by atoms with van der Waals surface area (Å²) in [5, 5.41) is 0.607. The Morgan fingerprint density at radius 3 is 2.83 bits per heavy atom. The molecule has 0 N–H and O–H groups in total. The molecule has 0 atom stereocenters. The van der Waals surface area contributed by atoms with Crippen LogP contribution in [-0.4, -0.2) is 16.1 Å². The van der Waals surface area contributed by atoms with Crippen molar-refractivity contribution < 1.29 is 4.79 Å². The van der Waals surface area contributed by atoms with Gasteiger partial charge < -0.3 is 0 Å². The zero-order valence-electron chi connectivity index (χ0n) is 5.85. The minimum absolute atomic E-state index is 0.118. The summed E-state index contributed by atoms with van der Waals surface area (Å²) in [6, 6.07) is 1.64. The van der Waals surface area contributed by atoms with E-state index in [0.717, 1.165) is 4.47 Å². The molecule has 0 aliphatic rings. The second-order valence-electron chi connectivity index (χ2n) is 2.04. The number of rotatable bonds is 2. The minimum atomic E-state index is -0.118. The average molecular weight is 313 g/mol. The van der Waals surface area contributed by atoms with Crippen molar-refractivity contribution in [1.29, 1.82) is 0 Å². The Balaban J connectivity index is 3.09. The van der Waals surface area contributed by atoms with Crippen LogP contribution in [0.2, 0.25) is 5.02 Å². The fourth-order valence-electron chi connectivity index (χ4n) is 0.683. The summed E-state index contributed by atoms with van der Waals surface area (Å²) in [7, 11) is 0. The van der Waals surface area contributed by atoms with Crippen LogP contribution < -0.4 is 0 Å². The standard InChI is InChI=1S/C7H4Br2ClNO/c8-2-6(12)7-5(10)1-4(9)3-11-7/h1,3H,2H2. The molecule has 0 spiro atoms. The van der Waals surface area contributed by atoms with E-state index in [9.17, 15) is 4.79 Å². The Hall–Kier alpha value is 0.0700. The molecule has 0 bridgehead atoms. The van der Waals surface area contributed by atoms with Gasteiger partial charge in [0.15, 0.2) is 5.78 Å². The number of alkyl halides is 1. The molecule has 0 saturated carbocycles. The van der Waals surface area contributed by atoms with Crippen LogP contribution in [0.15, 0.2) is 16.7 Å². The molecule has 0 aliphatic heterocycles. The maximum absolute atomic E-state index is 11.1. The molecule has 64 valence electrons. The Morgan fingerprint density at radius 2 is 2.33 bits per heavy atom. The molecule has 1 rings (SSSR count). The third-order valence-electron chi connectivity index (χ3n) is 1.19. The van der Waals surface area contributed by atoms with Crippen molar-refractivity contribution >= 4 is 49.2 Å². The summed E-state index contributed by atoms with van der Waals surface area (Å²) < 4.78 is 0.763. The largest absolute Gasteiger partial charge is 0.291 e. The molecule has 2 nitrogen and oxygen atoms in total. The number of nitrogens with zero attached hydrogens (tertiary/aromatic N) is 1. The number of halogens is 3. The number of hydrogen-bond donors (Lipinski definition) is 0. The van der Waals surface area contributed by atoms with Crippen molar-refractivity contribution in [1.82, 2.24) is 4.98 Å². The van der Waals surface area contributed by atoms with Crippen molar-refractivity contribution in [2.45, 2.75) is 0 Å². The highest BCUT2D eigenvalue weighted by molar-refractivity contribution is 9.10. The Kier molecular flexibility index (Phi) is 3.68. The number of Topliss-reactive ketones (excluding diaryl/α,β-unsaturated/α-hetero) is 1. The second-order valence-corrected chi connectivity index (χ2v) is 3.92. The smallest absolute Gasteiger partial charge is 0.193 e. The van der Waals surface area contributed by atoms with Gasteiger partial charge in [-0.3, -0.25) is 9.78 Å². The van der Waals surface area contributed by atoms with Crippen LogP contribution in [0.1, 0.15) is 10.5 Å². The van der Waals surface area contributed by atoms with Gasteiger partial charge in [-0.15, -0.1) is 0 Å². The van der Waals surface area contributed by atoms with Crippen LogP contribution in [0.5, 0.6) is 0 Å². The number of aromatic nitrogens is 1. The van der Waals surface area contributed by atoms with Gasteiger partial charge >= 0.3 is 0 Å². The van der Waals surface area contributed by atoms with E-state index in [1.54, 1.807) is 12.3 Å². The lowest BCUT2D eigenvalue weighted by Crippen LogP contribution is -2.03. The Morgan fingerprint density at radius 1 is 1.67 bits per heavy atom. The maximum atomic E-state index is 11.1. The summed E-state index contributed by atoms with van der Waals surface area (Å²) in [5.41, 5.74) is 0.303. The lowest BCUT2D eigenvalue weighted by atomic mass is 10.3. The number of carbonyl (C=O) groups is 1. The van der Waals surface area contributed by atoms with Crippen LogP contribution in [0.4, 0.5) is 0 Å². The van der Waals surface area contributed by atoms with Gasteiger partial charge in [0.1, 0.15) is 5.69 Å². The first-order valence-corrected chi connectivity index (χ1v) is 5.34. The fraction of sp³-hybridized carbons (Fsp3) is 0.143. The fourth-order valence-corrected chi connectivity index (χ4v) is 1.68. The molecule has 5 heteroatoms.